The van der Waals surface area contributed by atoms with Gasteiger partial charge in [-0.15, -0.1) is 0 Å². The Morgan fingerprint density at radius 1 is 0.727 bits per heavy atom. The molecule has 33 heavy (non-hydrogen) atoms. The summed E-state index contributed by atoms with van der Waals surface area (Å²) in [7, 11) is 0. The molecule has 5 rings (SSSR count). The molecule has 164 valence electrons. The van der Waals surface area contributed by atoms with Crippen LogP contribution in [-0.4, -0.2) is 0 Å². The van der Waals surface area contributed by atoms with Crippen LogP contribution in [0.3, 0.4) is 0 Å². The van der Waals surface area contributed by atoms with Crippen LogP contribution in [0.15, 0.2) is 85.2 Å². The van der Waals surface area contributed by atoms with Gasteiger partial charge >= 0.3 is 11.3 Å². The summed E-state index contributed by atoms with van der Waals surface area (Å²) in [6.45, 7) is 0.195. The van der Waals surface area contributed by atoms with Gasteiger partial charge in [0.1, 0.15) is 23.5 Å². The standard InChI is InChI=1S/C25H13Cl3O5/c26-15-3-6-22-14(7-15)8-20(25(30)33-22)19-11-24(29)32-23-10-17(4-5-18(19)23)31-12-13-1-2-16(27)9-21(13)28/h1-11H,12H2. The molecule has 0 fully saturated rings. The van der Waals surface area contributed by atoms with E-state index in [9.17, 15) is 9.59 Å². The summed E-state index contributed by atoms with van der Waals surface area (Å²) in [5.41, 5.74) is 0.854. The Bertz CT molecular complexity index is 1650. The van der Waals surface area contributed by atoms with Gasteiger partial charge in [0.2, 0.25) is 0 Å². The van der Waals surface area contributed by atoms with E-state index in [4.69, 9.17) is 48.4 Å². The fraction of sp³-hybridized carbons (Fsp3) is 0.0400. The Kier molecular flexibility index (Phi) is 5.62. The highest BCUT2D eigenvalue weighted by atomic mass is 35.5. The van der Waals surface area contributed by atoms with E-state index < -0.39 is 11.3 Å². The Hall–Kier alpha value is -3.25. The minimum Gasteiger partial charge on any atom is -0.489 e. The predicted molar refractivity (Wildman–Crippen MR) is 130 cm³/mol. The van der Waals surface area contributed by atoms with Gasteiger partial charge in [-0.05, 0) is 48.5 Å². The lowest BCUT2D eigenvalue weighted by Gasteiger charge is -2.10. The largest absolute Gasteiger partial charge is 0.489 e. The zero-order valence-electron chi connectivity index (χ0n) is 16.7. The maximum absolute atomic E-state index is 12.7. The average molecular weight is 500 g/mol. The number of halogens is 3. The van der Waals surface area contributed by atoms with Gasteiger partial charge in [-0.25, -0.2) is 9.59 Å². The van der Waals surface area contributed by atoms with Crippen LogP contribution in [0, 0.1) is 0 Å². The fourth-order valence-corrected chi connectivity index (χ4v) is 4.18. The smallest absolute Gasteiger partial charge is 0.344 e. The summed E-state index contributed by atoms with van der Waals surface area (Å²) >= 11 is 18.2. The third-order valence-electron chi connectivity index (χ3n) is 5.11. The fourth-order valence-electron chi connectivity index (χ4n) is 3.54. The normalized spacial score (nSPS) is 11.2. The van der Waals surface area contributed by atoms with E-state index in [0.717, 1.165) is 5.56 Å². The van der Waals surface area contributed by atoms with E-state index in [0.29, 0.717) is 42.7 Å². The van der Waals surface area contributed by atoms with Gasteiger partial charge < -0.3 is 13.6 Å². The quantitative estimate of drug-likeness (QED) is 0.247. The van der Waals surface area contributed by atoms with E-state index in [1.54, 1.807) is 60.7 Å². The van der Waals surface area contributed by atoms with Gasteiger partial charge in [-0.2, -0.15) is 0 Å². The zero-order chi connectivity index (χ0) is 23.1. The molecule has 0 radical (unpaired) electrons. The number of benzene rings is 3. The SMILES string of the molecule is O=c1cc(-c2cc3cc(Cl)ccc3oc2=O)c2ccc(OCc3ccc(Cl)cc3Cl)cc2o1. The van der Waals surface area contributed by atoms with Crippen LogP contribution in [0.4, 0.5) is 0 Å². The summed E-state index contributed by atoms with van der Waals surface area (Å²) in [5, 5.41) is 2.71. The lowest BCUT2D eigenvalue weighted by atomic mass is 10.0. The first-order chi connectivity index (χ1) is 15.9. The van der Waals surface area contributed by atoms with Gasteiger partial charge in [0.05, 0.1) is 5.56 Å². The second-order valence-electron chi connectivity index (χ2n) is 7.29. The zero-order valence-corrected chi connectivity index (χ0v) is 19.0. The van der Waals surface area contributed by atoms with Crippen LogP contribution in [0.2, 0.25) is 15.1 Å². The first kappa shape index (κ1) is 21.6. The van der Waals surface area contributed by atoms with Gasteiger partial charge in [0.15, 0.2) is 0 Å². The summed E-state index contributed by atoms with van der Waals surface area (Å²) in [5.74, 6) is 0.464. The van der Waals surface area contributed by atoms with Crippen molar-refractivity contribution in [3.05, 3.63) is 108 Å². The van der Waals surface area contributed by atoms with Crippen LogP contribution in [0.1, 0.15) is 5.56 Å². The molecule has 2 aromatic heterocycles. The minimum absolute atomic E-state index is 0.195. The second kappa shape index (κ2) is 8.60. The average Bonchev–Trinajstić information content (AvgIpc) is 2.77. The molecule has 5 nitrogen and oxygen atoms in total. The molecule has 0 saturated carbocycles. The van der Waals surface area contributed by atoms with Gasteiger partial charge in [-0.3, -0.25) is 0 Å². The van der Waals surface area contributed by atoms with Crippen molar-refractivity contribution in [2.45, 2.75) is 6.61 Å². The molecule has 0 aliphatic carbocycles. The molecular weight excluding hydrogens is 487 g/mol. The number of fused-ring (bicyclic) bond motifs is 2. The molecular formula is C25H13Cl3O5. The van der Waals surface area contributed by atoms with Crippen molar-refractivity contribution in [1.82, 2.24) is 0 Å². The van der Waals surface area contributed by atoms with E-state index in [-0.39, 0.29) is 17.8 Å². The molecule has 8 heteroatoms. The van der Waals surface area contributed by atoms with Crippen LogP contribution < -0.4 is 16.0 Å². The molecule has 0 aliphatic heterocycles. The number of rotatable bonds is 4. The van der Waals surface area contributed by atoms with Crippen molar-refractivity contribution in [1.29, 1.82) is 0 Å². The van der Waals surface area contributed by atoms with E-state index in [2.05, 4.69) is 0 Å². The van der Waals surface area contributed by atoms with Gasteiger partial charge in [-0.1, -0.05) is 40.9 Å². The van der Waals surface area contributed by atoms with Crippen molar-refractivity contribution in [3.63, 3.8) is 0 Å². The summed E-state index contributed by atoms with van der Waals surface area (Å²) in [6, 6.07) is 18.0. The highest BCUT2D eigenvalue weighted by molar-refractivity contribution is 6.35. The molecule has 3 aromatic carbocycles. The molecule has 0 N–H and O–H groups in total. The van der Waals surface area contributed by atoms with Crippen molar-refractivity contribution < 1.29 is 13.6 Å². The molecule has 0 bridgehead atoms. The number of hydrogen-bond acceptors (Lipinski definition) is 5. The topological polar surface area (TPSA) is 69.7 Å². The molecule has 0 saturated heterocycles. The third-order valence-corrected chi connectivity index (χ3v) is 5.93. The lowest BCUT2D eigenvalue weighted by molar-refractivity contribution is 0.306. The second-order valence-corrected chi connectivity index (χ2v) is 8.57. The minimum atomic E-state index is -0.610. The first-order valence-electron chi connectivity index (χ1n) is 9.76. The maximum Gasteiger partial charge on any atom is 0.344 e. The van der Waals surface area contributed by atoms with E-state index >= 15 is 0 Å². The Morgan fingerprint density at radius 2 is 1.52 bits per heavy atom. The molecule has 0 spiro atoms. The number of ether oxygens (including phenoxy) is 1. The van der Waals surface area contributed by atoms with Crippen LogP contribution in [-0.2, 0) is 6.61 Å². The number of hydrogen-bond donors (Lipinski definition) is 0. The highest BCUT2D eigenvalue weighted by Gasteiger charge is 2.15. The van der Waals surface area contributed by atoms with Crippen molar-refractivity contribution in [3.8, 4) is 16.9 Å². The first-order valence-corrected chi connectivity index (χ1v) is 10.9. The molecule has 0 aliphatic rings. The van der Waals surface area contributed by atoms with Crippen molar-refractivity contribution in [2.24, 2.45) is 0 Å². The molecule has 2 heterocycles. The van der Waals surface area contributed by atoms with Crippen molar-refractivity contribution in [2.75, 3.05) is 0 Å². The van der Waals surface area contributed by atoms with Gasteiger partial charge in [0.25, 0.3) is 0 Å². The monoisotopic (exact) mass is 498 g/mol. The maximum atomic E-state index is 12.7. The predicted octanol–water partition coefficient (Wildman–Crippen LogP) is 7.11. The Labute approximate surface area is 201 Å². The molecule has 0 amide bonds. The summed E-state index contributed by atoms with van der Waals surface area (Å²) < 4.78 is 16.6. The van der Waals surface area contributed by atoms with Crippen LogP contribution in [0.5, 0.6) is 5.75 Å². The Balaban J connectivity index is 1.56. The summed E-state index contributed by atoms with van der Waals surface area (Å²) in [6.07, 6.45) is 0. The lowest BCUT2D eigenvalue weighted by Crippen LogP contribution is -2.06. The van der Waals surface area contributed by atoms with Crippen molar-refractivity contribution >= 4 is 56.7 Å². The molecule has 0 atom stereocenters. The Morgan fingerprint density at radius 3 is 2.33 bits per heavy atom. The third kappa shape index (κ3) is 4.35. The molecule has 5 aromatic rings. The van der Waals surface area contributed by atoms with Crippen LogP contribution in [0.25, 0.3) is 33.1 Å². The molecule has 0 unspecified atom stereocenters. The van der Waals surface area contributed by atoms with E-state index in [1.165, 1.54) is 6.07 Å². The summed E-state index contributed by atoms with van der Waals surface area (Å²) in [4.78, 5) is 25.0. The highest BCUT2D eigenvalue weighted by Crippen LogP contribution is 2.31. The van der Waals surface area contributed by atoms with Crippen LogP contribution >= 0.6 is 34.8 Å². The van der Waals surface area contributed by atoms with Gasteiger partial charge in [0, 0.05) is 49.1 Å². The van der Waals surface area contributed by atoms with E-state index in [1.807, 2.05) is 0 Å².